The molecule has 2 aliphatic rings. The minimum atomic E-state index is -4.97. The molecule has 2 aliphatic heterocycles. The number of fused-ring (bicyclic) bond motifs is 2. The van der Waals surface area contributed by atoms with Crippen LogP contribution in [0, 0.1) is 0 Å². The van der Waals surface area contributed by atoms with E-state index in [1.807, 2.05) is 0 Å². The van der Waals surface area contributed by atoms with E-state index in [0.29, 0.717) is 17.3 Å². The van der Waals surface area contributed by atoms with Gasteiger partial charge >= 0.3 is 0 Å². The number of ketones is 2. The standard InChI is InChI=1S/C16H10N2O8S2/c19-15-8-3-1-2-4-10(8)17-13(15)14-16(20)9-5-7(27(21,22)23)6-11(12(9)18-14)28(24,25)26/h1-6,17-18H,(H,21,22,23)(H,24,25,26)/b14-13+. The molecule has 0 aromatic heterocycles. The number of nitrogens with one attached hydrogen (secondary N) is 2. The second kappa shape index (κ2) is 5.72. The Labute approximate surface area is 158 Å². The molecule has 4 rings (SSSR count). The van der Waals surface area contributed by atoms with Gasteiger partial charge in [-0.1, -0.05) is 12.1 Å². The molecule has 0 saturated carbocycles. The molecule has 144 valence electrons. The highest BCUT2D eigenvalue weighted by Crippen LogP contribution is 2.39. The molecule has 2 aromatic rings. The zero-order valence-corrected chi connectivity index (χ0v) is 15.3. The van der Waals surface area contributed by atoms with Gasteiger partial charge in [-0.3, -0.25) is 18.7 Å². The van der Waals surface area contributed by atoms with E-state index in [2.05, 4.69) is 10.6 Å². The average Bonchev–Trinajstić information content (AvgIpc) is 3.10. The highest BCUT2D eigenvalue weighted by molar-refractivity contribution is 7.86. The average molecular weight is 422 g/mol. The van der Waals surface area contributed by atoms with E-state index in [4.69, 9.17) is 0 Å². The zero-order valence-electron chi connectivity index (χ0n) is 13.6. The maximum Gasteiger partial charge on any atom is 0.296 e. The van der Waals surface area contributed by atoms with Gasteiger partial charge in [-0.15, -0.1) is 0 Å². The SMILES string of the molecule is O=C1/C(=C2\Nc3c(cc(S(=O)(=O)O)cc3S(=O)(=O)O)C2=O)Nc2ccccc21. The molecule has 0 saturated heterocycles. The lowest BCUT2D eigenvalue weighted by Gasteiger charge is -2.08. The van der Waals surface area contributed by atoms with Crippen LogP contribution in [0.2, 0.25) is 0 Å². The highest BCUT2D eigenvalue weighted by Gasteiger charge is 2.38. The first-order valence-corrected chi connectivity index (χ1v) is 10.5. The summed E-state index contributed by atoms with van der Waals surface area (Å²) in [5, 5.41) is 5.24. The van der Waals surface area contributed by atoms with Crippen molar-refractivity contribution < 1.29 is 35.5 Å². The molecule has 4 N–H and O–H groups in total. The molecule has 0 fully saturated rings. The van der Waals surface area contributed by atoms with E-state index in [1.165, 1.54) is 6.07 Å². The number of carbonyl (C=O) groups excluding carboxylic acids is 2. The Bertz CT molecular complexity index is 1340. The molecule has 0 unspecified atom stereocenters. The number of hydrogen-bond donors (Lipinski definition) is 4. The highest BCUT2D eigenvalue weighted by atomic mass is 32.2. The number of benzene rings is 2. The van der Waals surface area contributed by atoms with Crippen LogP contribution in [0.25, 0.3) is 0 Å². The van der Waals surface area contributed by atoms with Crippen molar-refractivity contribution in [2.75, 3.05) is 10.6 Å². The lowest BCUT2D eigenvalue weighted by molar-refractivity contribution is 0.101. The van der Waals surface area contributed by atoms with E-state index < -0.39 is 52.8 Å². The first kappa shape index (κ1) is 18.3. The van der Waals surface area contributed by atoms with Crippen LogP contribution in [0.1, 0.15) is 20.7 Å². The molecule has 2 aromatic carbocycles. The largest absolute Gasteiger partial charge is 0.350 e. The Morgan fingerprint density at radius 2 is 1.36 bits per heavy atom. The number of para-hydroxylation sites is 1. The van der Waals surface area contributed by atoms with E-state index >= 15 is 0 Å². The lowest BCUT2D eigenvalue weighted by atomic mass is 10.1. The van der Waals surface area contributed by atoms with Crippen LogP contribution in [0.5, 0.6) is 0 Å². The van der Waals surface area contributed by atoms with Crippen molar-refractivity contribution in [2.24, 2.45) is 0 Å². The van der Waals surface area contributed by atoms with Crippen LogP contribution >= 0.6 is 0 Å². The first-order chi connectivity index (χ1) is 13.0. The second-order valence-corrected chi connectivity index (χ2v) is 8.81. The maximum atomic E-state index is 12.8. The van der Waals surface area contributed by atoms with Gasteiger partial charge < -0.3 is 10.6 Å². The quantitative estimate of drug-likeness (QED) is 0.409. The Morgan fingerprint density at radius 3 is 1.96 bits per heavy atom. The first-order valence-electron chi connectivity index (χ1n) is 7.58. The van der Waals surface area contributed by atoms with Crippen LogP contribution < -0.4 is 10.6 Å². The van der Waals surface area contributed by atoms with Gasteiger partial charge in [0, 0.05) is 11.3 Å². The minimum Gasteiger partial charge on any atom is -0.350 e. The van der Waals surface area contributed by atoms with Crippen LogP contribution in [-0.2, 0) is 20.2 Å². The fourth-order valence-electron chi connectivity index (χ4n) is 3.04. The molecule has 28 heavy (non-hydrogen) atoms. The third-order valence-corrected chi connectivity index (χ3v) is 5.99. The van der Waals surface area contributed by atoms with Crippen molar-refractivity contribution in [1.29, 1.82) is 0 Å². The molecule has 12 heteroatoms. The van der Waals surface area contributed by atoms with Crippen LogP contribution in [-0.4, -0.2) is 37.5 Å². The zero-order chi connectivity index (χ0) is 20.4. The molecular formula is C16H10N2O8S2. The van der Waals surface area contributed by atoms with Crippen molar-refractivity contribution in [2.45, 2.75) is 9.79 Å². The van der Waals surface area contributed by atoms with Crippen molar-refractivity contribution in [3.63, 3.8) is 0 Å². The molecule has 2 heterocycles. The van der Waals surface area contributed by atoms with Crippen LogP contribution in [0.15, 0.2) is 57.6 Å². The summed E-state index contributed by atoms with van der Waals surface area (Å²) in [6.45, 7) is 0. The number of carbonyl (C=O) groups is 2. The smallest absolute Gasteiger partial charge is 0.296 e. The summed E-state index contributed by atoms with van der Waals surface area (Å²) >= 11 is 0. The molecule has 0 aliphatic carbocycles. The van der Waals surface area contributed by atoms with Crippen molar-refractivity contribution in [3.05, 3.63) is 58.9 Å². The third kappa shape index (κ3) is 2.70. The maximum absolute atomic E-state index is 12.8. The Morgan fingerprint density at radius 1 is 0.750 bits per heavy atom. The number of anilines is 2. The van der Waals surface area contributed by atoms with Crippen molar-refractivity contribution in [3.8, 4) is 0 Å². The number of allylic oxidation sites excluding steroid dienone is 2. The molecule has 0 radical (unpaired) electrons. The van der Waals surface area contributed by atoms with Gasteiger partial charge in [0.15, 0.2) is 0 Å². The number of rotatable bonds is 2. The Balaban J connectivity index is 1.94. The molecule has 0 bridgehead atoms. The summed E-state index contributed by atoms with van der Waals surface area (Å²) in [5.74, 6) is -1.41. The molecule has 0 spiro atoms. The van der Waals surface area contributed by atoms with Crippen LogP contribution in [0.4, 0.5) is 11.4 Å². The summed E-state index contributed by atoms with van der Waals surface area (Å²) in [6.07, 6.45) is 0. The fourth-order valence-corrected chi connectivity index (χ4v) is 4.34. The van der Waals surface area contributed by atoms with Crippen LogP contribution in [0.3, 0.4) is 0 Å². The summed E-state index contributed by atoms with van der Waals surface area (Å²) in [6, 6.07) is 7.70. The summed E-state index contributed by atoms with van der Waals surface area (Å²) in [7, 11) is -9.84. The fraction of sp³-hybridized carbons (Fsp3) is 0. The summed E-state index contributed by atoms with van der Waals surface area (Å²) in [4.78, 5) is 23.5. The van der Waals surface area contributed by atoms with Gasteiger partial charge in [0.2, 0.25) is 11.6 Å². The monoisotopic (exact) mass is 422 g/mol. The second-order valence-electron chi connectivity index (χ2n) is 6.00. The van der Waals surface area contributed by atoms with Gasteiger partial charge in [0.05, 0.1) is 16.1 Å². The normalized spacial score (nSPS) is 18.5. The van der Waals surface area contributed by atoms with E-state index in [1.54, 1.807) is 18.2 Å². The lowest BCUT2D eigenvalue weighted by Crippen LogP contribution is -2.13. The van der Waals surface area contributed by atoms with E-state index in [0.717, 1.165) is 6.07 Å². The Hall–Kier alpha value is -3.06. The van der Waals surface area contributed by atoms with Gasteiger partial charge in [-0.25, -0.2) is 0 Å². The van der Waals surface area contributed by atoms with Gasteiger partial charge in [-0.2, -0.15) is 16.8 Å². The van der Waals surface area contributed by atoms with Crippen molar-refractivity contribution >= 4 is 43.2 Å². The van der Waals surface area contributed by atoms with E-state index in [9.17, 15) is 35.5 Å². The van der Waals surface area contributed by atoms with E-state index in [-0.39, 0.29) is 11.4 Å². The summed E-state index contributed by atoms with van der Waals surface area (Å²) in [5.41, 5.74) is -0.562. The molecular weight excluding hydrogens is 412 g/mol. The number of hydrogen-bond acceptors (Lipinski definition) is 8. The third-order valence-electron chi connectivity index (χ3n) is 4.28. The summed E-state index contributed by atoms with van der Waals surface area (Å²) < 4.78 is 64.9. The number of Topliss-reactive ketones (excluding diaryl/α,β-unsaturated/α-hetero) is 2. The molecule has 10 nitrogen and oxygen atoms in total. The van der Waals surface area contributed by atoms with Gasteiger partial charge in [0.1, 0.15) is 16.3 Å². The predicted octanol–water partition coefficient (Wildman–Crippen LogP) is 1.31. The van der Waals surface area contributed by atoms with Gasteiger partial charge in [-0.05, 0) is 24.3 Å². The minimum absolute atomic E-state index is 0.155. The molecule has 0 atom stereocenters. The Kier molecular flexibility index (Phi) is 3.74. The van der Waals surface area contributed by atoms with Gasteiger partial charge in [0.25, 0.3) is 20.2 Å². The van der Waals surface area contributed by atoms with Crippen molar-refractivity contribution in [1.82, 2.24) is 0 Å². The topological polar surface area (TPSA) is 167 Å². The molecule has 0 amide bonds. The predicted molar refractivity (Wildman–Crippen MR) is 95.4 cm³/mol.